The van der Waals surface area contributed by atoms with Gasteiger partial charge in [-0.25, -0.2) is 0 Å². The van der Waals surface area contributed by atoms with Gasteiger partial charge < -0.3 is 43.2 Å². The Kier molecular flexibility index (Phi) is 30.5. The third kappa shape index (κ3) is 29.5. The molecule has 0 heterocycles. The Labute approximate surface area is 346 Å². The number of hydrogen-bond acceptors (Lipinski definition) is 11. The molecule has 1 unspecified atom stereocenters. The van der Waals surface area contributed by atoms with Gasteiger partial charge in [0, 0.05) is 25.2 Å². The molecule has 0 spiro atoms. The van der Waals surface area contributed by atoms with Crippen molar-refractivity contribution >= 4 is 19.8 Å². The molecule has 336 valence electrons. The predicted molar refractivity (Wildman–Crippen MR) is 224 cm³/mol. The number of nitrogens with zero attached hydrogens (tertiary/aromatic N) is 1. The molecule has 13 heteroatoms. The molecule has 12 nitrogen and oxygen atoms in total. The van der Waals surface area contributed by atoms with Crippen molar-refractivity contribution in [2.24, 2.45) is 11.8 Å². The molecular formula is C44H84NO11P. The predicted octanol–water partition coefficient (Wildman–Crippen LogP) is 8.33. The van der Waals surface area contributed by atoms with Gasteiger partial charge in [-0.1, -0.05) is 142 Å². The van der Waals surface area contributed by atoms with Gasteiger partial charge in [-0.15, -0.1) is 0 Å². The smallest absolute Gasteiger partial charge is 0.306 e. The number of carbonyl (C=O) groups is 2. The van der Waals surface area contributed by atoms with E-state index in [0.29, 0.717) is 36.7 Å². The van der Waals surface area contributed by atoms with Crippen LogP contribution in [0.3, 0.4) is 0 Å². The number of ether oxygens (including phenoxy) is 2. The third-order valence-corrected chi connectivity index (χ3v) is 11.9. The summed E-state index contributed by atoms with van der Waals surface area (Å²) in [7, 11) is 1.04. The van der Waals surface area contributed by atoms with Gasteiger partial charge in [-0.05, 0) is 31.6 Å². The number of phosphoric ester groups is 1. The van der Waals surface area contributed by atoms with E-state index in [4.69, 9.17) is 18.5 Å². The minimum absolute atomic E-state index is 0.0667. The van der Waals surface area contributed by atoms with Crippen LogP contribution in [0, 0.1) is 11.8 Å². The lowest BCUT2D eigenvalue weighted by atomic mass is 9.88. The van der Waals surface area contributed by atoms with Crippen LogP contribution in [-0.4, -0.2) is 104 Å². The molecule has 1 aliphatic rings. The van der Waals surface area contributed by atoms with Crippen molar-refractivity contribution in [3.63, 3.8) is 0 Å². The van der Waals surface area contributed by atoms with Crippen molar-refractivity contribution < 1.29 is 57.4 Å². The fraction of sp³-hybridized carbons (Fsp3) is 0.909. The van der Waals surface area contributed by atoms with E-state index >= 15 is 0 Å². The summed E-state index contributed by atoms with van der Waals surface area (Å²) in [6, 6.07) is 0. The molecule has 0 radical (unpaired) electrons. The third-order valence-electron chi connectivity index (χ3n) is 10.9. The molecular weight excluding hydrogens is 749 g/mol. The van der Waals surface area contributed by atoms with Crippen molar-refractivity contribution in [2.75, 3.05) is 47.5 Å². The quantitative estimate of drug-likeness (QED) is 0.0181. The lowest BCUT2D eigenvalue weighted by molar-refractivity contribution is -0.870. The molecule has 1 rings (SSSR count). The van der Waals surface area contributed by atoms with Crippen LogP contribution in [0.1, 0.15) is 174 Å². The zero-order valence-electron chi connectivity index (χ0n) is 36.6. The van der Waals surface area contributed by atoms with Gasteiger partial charge in [0.1, 0.15) is 19.8 Å². The first-order valence-electron chi connectivity index (χ1n) is 22.7. The van der Waals surface area contributed by atoms with Gasteiger partial charge in [0.25, 0.3) is 7.82 Å². The number of aliphatic hydroxyl groups excluding tert-OH is 3. The molecule has 0 amide bonds. The van der Waals surface area contributed by atoms with Crippen LogP contribution in [0.4, 0.5) is 0 Å². The maximum atomic E-state index is 12.8. The highest BCUT2D eigenvalue weighted by molar-refractivity contribution is 7.45. The van der Waals surface area contributed by atoms with Crippen molar-refractivity contribution in [2.45, 2.75) is 199 Å². The zero-order chi connectivity index (χ0) is 42.4. The van der Waals surface area contributed by atoms with Crippen LogP contribution in [0.2, 0.25) is 0 Å². The summed E-state index contributed by atoms with van der Waals surface area (Å²) in [5, 5.41) is 31.4. The summed E-state index contributed by atoms with van der Waals surface area (Å²) in [6.45, 7) is 3.89. The van der Waals surface area contributed by atoms with E-state index < -0.39 is 50.8 Å². The SMILES string of the molecule is CCCCCCCCCCCCCCCC(=O)OC[C@H](COP(=O)([O-])OCC[N+](C)(C)C)OC(=O)CCCCCC[C@@H]1[C@@H](/C=C/[C@@H](O)CCCCC)[C@H](O)C[C@@H]1O. The molecule has 0 aliphatic heterocycles. The molecule has 0 aromatic rings. The summed E-state index contributed by atoms with van der Waals surface area (Å²) < 4.78 is 33.9. The van der Waals surface area contributed by atoms with Crippen LogP contribution < -0.4 is 4.89 Å². The van der Waals surface area contributed by atoms with Crippen molar-refractivity contribution in [3.05, 3.63) is 12.2 Å². The van der Waals surface area contributed by atoms with Gasteiger partial charge in [0.15, 0.2) is 6.10 Å². The molecule has 0 saturated heterocycles. The standard InChI is InChI=1S/C44H84NO11P/c1-6-8-10-11-12-13-14-15-16-17-18-19-24-28-43(49)53-35-38(36-55-57(51,52)54-33-32-45(3,4)5)56-44(50)29-25-21-20-23-27-39-40(42(48)34-41(39)47)31-30-37(46)26-22-9-7-2/h30-31,37-42,46-48H,6-29,32-36H2,1-5H3/b31-30+/t37-,38+,39+,40+,41-,42+/m0/s1. The second kappa shape index (κ2) is 32.4. The van der Waals surface area contributed by atoms with Crippen molar-refractivity contribution in [1.29, 1.82) is 0 Å². The number of phosphoric acid groups is 1. The second-order valence-corrected chi connectivity index (χ2v) is 18.8. The molecule has 1 fully saturated rings. The monoisotopic (exact) mass is 834 g/mol. The van der Waals surface area contributed by atoms with E-state index in [2.05, 4.69) is 13.8 Å². The Bertz CT molecular complexity index is 1100. The van der Waals surface area contributed by atoms with E-state index in [1.54, 1.807) is 6.08 Å². The highest BCUT2D eigenvalue weighted by Gasteiger charge is 2.39. The van der Waals surface area contributed by atoms with E-state index in [-0.39, 0.29) is 37.9 Å². The fourth-order valence-electron chi connectivity index (χ4n) is 7.28. The first-order valence-corrected chi connectivity index (χ1v) is 24.1. The number of esters is 2. The maximum Gasteiger partial charge on any atom is 0.306 e. The fourth-order valence-corrected chi connectivity index (χ4v) is 8.01. The Hall–Kier alpha value is -1.37. The van der Waals surface area contributed by atoms with Crippen LogP contribution in [0.5, 0.6) is 0 Å². The Morgan fingerprint density at radius 3 is 1.84 bits per heavy atom. The molecule has 1 aliphatic carbocycles. The van der Waals surface area contributed by atoms with Crippen molar-refractivity contribution in [1.82, 2.24) is 0 Å². The summed E-state index contributed by atoms with van der Waals surface area (Å²) in [4.78, 5) is 37.7. The van der Waals surface area contributed by atoms with Gasteiger partial charge >= 0.3 is 11.9 Å². The highest BCUT2D eigenvalue weighted by Crippen LogP contribution is 2.39. The Balaban J connectivity index is 2.48. The second-order valence-electron chi connectivity index (χ2n) is 17.4. The number of likely N-dealkylation sites (N-methyl/N-ethyl adjacent to an activating group) is 1. The number of hydrogen-bond donors (Lipinski definition) is 3. The number of unbranched alkanes of at least 4 members (excludes halogenated alkanes) is 17. The largest absolute Gasteiger partial charge is 0.756 e. The number of aliphatic hydroxyl groups is 3. The zero-order valence-corrected chi connectivity index (χ0v) is 37.5. The molecule has 0 aromatic carbocycles. The topological polar surface area (TPSA) is 172 Å². The number of rotatable bonds is 37. The van der Waals surface area contributed by atoms with Gasteiger partial charge in [0.2, 0.25) is 0 Å². The average molecular weight is 834 g/mol. The summed E-state index contributed by atoms with van der Waals surface area (Å²) in [5.41, 5.74) is 0. The molecule has 1 saturated carbocycles. The number of quaternary nitrogens is 1. The first-order chi connectivity index (χ1) is 27.2. The summed E-state index contributed by atoms with van der Waals surface area (Å²) in [5.74, 6) is -1.26. The lowest BCUT2D eigenvalue weighted by Crippen LogP contribution is -2.37. The van der Waals surface area contributed by atoms with Gasteiger partial charge in [0.05, 0.1) is 46.1 Å². The maximum absolute atomic E-state index is 12.8. The van der Waals surface area contributed by atoms with Gasteiger partial charge in [-0.2, -0.15) is 0 Å². The minimum atomic E-state index is -4.68. The highest BCUT2D eigenvalue weighted by atomic mass is 31.2. The molecule has 3 N–H and O–H groups in total. The van der Waals surface area contributed by atoms with E-state index in [1.807, 2.05) is 27.2 Å². The van der Waals surface area contributed by atoms with Gasteiger partial charge in [-0.3, -0.25) is 14.2 Å². The van der Waals surface area contributed by atoms with E-state index in [9.17, 15) is 34.4 Å². The van der Waals surface area contributed by atoms with E-state index in [0.717, 1.165) is 64.2 Å². The molecule has 0 aromatic heterocycles. The van der Waals surface area contributed by atoms with Crippen LogP contribution >= 0.6 is 7.82 Å². The van der Waals surface area contributed by atoms with Crippen LogP contribution in [0.25, 0.3) is 0 Å². The van der Waals surface area contributed by atoms with Crippen LogP contribution in [-0.2, 0) is 32.7 Å². The first kappa shape index (κ1) is 53.6. The summed E-state index contributed by atoms with van der Waals surface area (Å²) in [6.07, 6.45) is 24.4. The molecule has 0 bridgehead atoms. The minimum Gasteiger partial charge on any atom is -0.756 e. The normalized spacial score (nSPS) is 20.8. The molecule has 57 heavy (non-hydrogen) atoms. The molecule has 7 atom stereocenters. The Morgan fingerprint density at radius 2 is 1.26 bits per heavy atom. The van der Waals surface area contributed by atoms with Crippen molar-refractivity contribution in [3.8, 4) is 0 Å². The number of carbonyl (C=O) groups excluding carboxylic acids is 2. The van der Waals surface area contributed by atoms with Crippen LogP contribution in [0.15, 0.2) is 12.2 Å². The average Bonchev–Trinajstić information content (AvgIpc) is 3.41. The lowest BCUT2D eigenvalue weighted by Gasteiger charge is -2.28. The Morgan fingerprint density at radius 1 is 0.737 bits per heavy atom. The van der Waals surface area contributed by atoms with E-state index in [1.165, 1.54) is 57.8 Å². The summed E-state index contributed by atoms with van der Waals surface area (Å²) >= 11 is 0.